The molecule has 1 radical (unpaired) electrons. The minimum absolute atomic E-state index is 0. The molecule has 0 saturated heterocycles. The van der Waals surface area contributed by atoms with E-state index in [0.29, 0.717) is 11.3 Å². The second-order valence-electron chi connectivity index (χ2n) is 10.7. The van der Waals surface area contributed by atoms with Crippen molar-refractivity contribution in [3.8, 4) is 22.5 Å². The van der Waals surface area contributed by atoms with E-state index in [1.165, 1.54) is 21.5 Å². The molecule has 0 atom stereocenters. The number of rotatable bonds is 4. The molecule has 0 bridgehead atoms. The zero-order valence-electron chi connectivity index (χ0n) is 24.2. The summed E-state index contributed by atoms with van der Waals surface area (Å²) in [5.74, 6) is -1.46. The zero-order chi connectivity index (χ0) is 28.5. The molecule has 0 fully saturated rings. The summed E-state index contributed by atoms with van der Waals surface area (Å²) in [6, 6.07) is 32.6. The molecule has 0 N–H and O–H groups in total. The van der Waals surface area contributed by atoms with Gasteiger partial charge in [-0.15, -0.1) is 59.7 Å². The van der Waals surface area contributed by atoms with Crippen LogP contribution in [0.4, 0.5) is 4.39 Å². The normalized spacial score (nSPS) is 11.9. The molecule has 0 spiro atoms. The van der Waals surface area contributed by atoms with Gasteiger partial charge in [0, 0.05) is 32.4 Å². The Kier molecular flexibility index (Phi) is 9.02. The fourth-order valence-electron chi connectivity index (χ4n) is 4.39. The van der Waals surface area contributed by atoms with Crippen molar-refractivity contribution in [1.29, 1.82) is 0 Å². The number of aromatic nitrogens is 2. The predicted octanol–water partition coefficient (Wildman–Crippen LogP) is 9.27. The van der Waals surface area contributed by atoms with E-state index in [1.807, 2.05) is 48.7 Å². The summed E-state index contributed by atoms with van der Waals surface area (Å²) in [5, 5.41) is 3.75. The smallest absolute Gasteiger partial charge is 0.143 e. The summed E-state index contributed by atoms with van der Waals surface area (Å²) in [7, 11) is -1.23. The van der Waals surface area contributed by atoms with Crippen LogP contribution in [0.2, 0.25) is 19.6 Å². The van der Waals surface area contributed by atoms with Crippen molar-refractivity contribution in [3.63, 3.8) is 0 Å². The number of hydrogen-bond donors (Lipinski definition) is 0. The van der Waals surface area contributed by atoms with E-state index in [0.717, 1.165) is 26.9 Å². The van der Waals surface area contributed by atoms with E-state index < -0.39 is 19.8 Å². The summed E-state index contributed by atoms with van der Waals surface area (Å²) in [6.07, 6.45) is 3.23. The first kappa shape index (κ1) is 28.5. The molecule has 6 aromatic rings. The summed E-state index contributed by atoms with van der Waals surface area (Å²) in [4.78, 5) is 8.78. The maximum atomic E-state index is 14.1. The Balaban J connectivity index is 0.000000200. The van der Waals surface area contributed by atoms with Crippen LogP contribution in [0.15, 0.2) is 91.3 Å². The third kappa shape index (κ3) is 6.47. The van der Waals surface area contributed by atoms with Crippen LogP contribution in [-0.4, -0.2) is 18.0 Å². The van der Waals surface area contributed by atoms with Gasteiger partial charge in [0.1, 0.15) is 5.82 Å². The Morgan fingerprint density at radius 1 is 0.850 bits per heavy atom. The summed E-state index contributed by atoms with van der Waals surface area (Å²) < 4.78 is 24.5. The number of hydrogen-bond acceptors (Lipinski definition) is 3. The molecule has 2 nitrogen and oxygen atoms in total. The third-order valence-electron chi connectivity index (χ3n) is 6.60. The molecule has 3 heterocycles. The number of thiophene rings is 1. The van der Waals surface area contributed by atoms with Crippen molar-refractivity contribution in [1.82, 2.24) is 9.97 Å². The molecule has 0 aliphatic carbocycles. The summed E-state index contributed by atoms with van der Waals surface area (Å²) in [6.45, 7) is 10.4. The molecule has 6 heteroatoms. The molecular formula is C34H31FIrN2SSi-2. The maximum Gasteiger partial charge on any atom is 0.143 e. The number of benzene rings is 3. The van der Waals surface area contributed by atoms with Gasteiger partial charge in [-0.1, -0.05) is 75.3 Å². The van der Waals surface area contributed by atoms with E-state index >= 15 is 0 Å². The summed E-state index contributed by atoms with van der Waals surface area (Å²) in [5.41, 5.74) is 3.93. The Hall–Kier alpha value is -3.02. The van der Waals surface area contributed by atoms with E-state index in [1.54, 1.807) is 31.3 Å². The van der Waals surface area contributed by atoms with Gasteiger partial charge in [0.05, 0.1) is 14.3 Å². The second-order valence-corrected chi connectivity index (χ2v) is 16.8. The van der Waals surface area contributed by atoms with E-state index in [-0.39, 0.29) is 20.1 Å². The Bertz CT molecular complexity index is 1780. The van der Waals surface area contributed by atoms with Crippen LogP contribution in [0.5, 0.6) is 0 Å². The zero-order valence-corrected chi connectivity index (χ0v) is 27.4. The van der Waals surface area contributed by atoms with Gasteiger partial charge in [-0.25, -0.2) is 4.39 Å². The SMILES string of the molecule is C[Si](C)(C)c1ccc(-c2[c-]cccc2)nc1.[2H]C(C)(C)c1cc(-c2[c-]ccc3c2sc2ccccc23)ncc1F.[Ir]. The average Bonchev–Trinajstić information content (AvgIpc) is 3.32. The number of nitrogens with zero attached hydrogens (tertiary/aromatic N) is 2. The van der Waals surface area contributed by atoms with Crippen molar-refractivity contribution < 1.29 is 25.9 Å². The fraction of sp³-hybridized carbons (Fsp3) is 0.176. The van der Waals surface area contributed by atoms with Gasteiger partial charge in [0.25, 0.3) is 0 Å². The van der Waals surface area contributed by atoms with E-state index in [9.17, 15) is 4.39 Å². The Labute approximate surface area is 256 Å². The molecule has 40 heavy (non-hydrogen) atoms. The number of pyridine rings is 2. The maximum absolute atomic E-state index is 14.1. The van der Waals surface area contributed by atoms with Gasteiger partial charge >= 0.3 is 0 Å². The van der Waals surface area contributed by atoms with Crippen LogP contribution >= 0.6 is 11.3 Å². The van der Waals surface area contributed by atoms with Gasteiger partial charge < -0.3 is 9.97 Å². The number of fused-ring (bicyclic) bond motifs is 3. The van der Waals surface area contributed by atoms with Gasteiger partial charge in [-0.3, -0.25) is 0 Å². The molecule has 6 rings (SSSR count). The first-order chi connectivity index (χ1) is 19.0. The Morgan fingerprint density at radius 2 is 1.60 bits per heavy atom. The molecule has 205 valence electrons. The average molecular weight is 740 g/mol. The molecule has 0 amide bonds. The topological polar surface area (TPSA) is 25.8 Å². The van der Waals surface area contributed by atoms with E-state index in [4.69, 9.17) is 1.37 Å². The van der Waals surface area contributed by atoms with Gasteiger partial charge in [0.15, 0.2) is 0 Å². The molecule has 0 unspecified atom stereocenters. The predicted molar refractivity (Wildman–Crippen MR) is 167 cm³/mol. The van der Waals surface area contributed by atoms with Crippen LogP contribution in [0.25, 0.3) is 42.7 Å². The minimum atomic E-state index is -1.23. The minimum Gasteiger partial charge on any atom is -0.305 e. The largest absolute Gasteiger partial charge is 0.305 e. The van der Waals surface area contributed by atoms with Gasteiger partial charge in [-0.2, -0.15) is 11.3 Å². The first-order valence-corrected chi connectivity index (χ1v) is 17.3. The molecule has 0 saturated carbocycles. The van der Waals surface area contributed by atoms with Crippen LogP contribution in [0.1, 0.15) is 26.7 Å². The van der Waals surface area contributed by atoms with Crippen LogP contribution in [-0.2, 0) is 20.1 Å². The van der Waals surface area contributed by atoms with Gasteiger partial charge in [-0.05, 0) is 44.2 Å². The quantitative estimate of drug-likeness (QED) is 0.133. The van der Waals surface area contributed by atoms with Crippen molar-refractivity contribution in [2.45, 2.75) is 39.4 Å². The van der Waals surface area contributed by atoms with E-state index in [2.05, 4.69) is 72.1 Å². The van der Waals surface area contributed by atoms with Crippen LogP contribution < -0.4 is 5.19 Å². The molecule has 3 aromatic heterocycles. The van der Waals surface area contributed by atoms with Gasteiger partial charge in [0.2, 0.25) is 0 Å². The van der Waals surface area contributed by atoms with Crippen molar-refractivity contribution in [2.75, 3.05) is 0 Å². The molecule has 0 aliphatic heterocycles. The first-order valence-electron chi connectivity index (χ1n) is 13.4. The van der Waals surface area contributed by atoms with Crippen LogP contribution in [0.3, 0.4) is 0 Å². The molecular weight excluding hydrogens is 708 g/mol. The van der Waals surface area contributed by atoms with Crippen molar-refractivity contribution >= 4 is 44.8 Å². The molecule has 3 aromatic carbocycles. The fourth-order valence-corrected chi connectivity index (χ4v) is 6.63. The standard InChI is InChI=1S/C20H15FNS.C14H16NSi.Ir/c1-12(2)16-10-18(22-11-17(16)21)15-8-5-7-14-13-6-3-4-9-19(13)23-20(14)15;1-16(2,3)13-9-10-14(15-11-13)12-7-5-4-6-8-12;/h3-7,9-12H,1-2H3;4-7,9-11H,1-3H3;/q2*-1;/i12D;;. The monoisotopic (exact) mass is 740 g/mol. The number of halogens is 1. The van der Waals surface area contributed by atoms with Crippen LogP contribution in [0, 0.1) is 17.9 Å². The third-order valence-corrected chi connectivity index (χ3v) is 9.84. The Morgan fingerprint density at radius 3 is 2.27 bits per heavy atom. The summed E-state index contributed by atoms with van der Waals surface area (Å²) >= 11 is 1.69. The molecule has 0 aliphatic rings. The second kappa shape index (κ2) is 12.7. The van der Waals surface area contributed by atoms with Crippen molar-refractivity contribution in [3.05, 3.63) is 115 Å². The van der Waals surface area contributed by atoms with Crippen molar-refractivity contribution in [2.24, 2.45) is 0 Å².